The Labute approximate surface area is 152 Å². The maximum atomic E-state index is 11.8. The van der Waals surface area contributed by atoms with Crippen LogP contribution in [-0.2, 0) is 5.60 Å². The molecule has 1 N–H and O–H groups in total. The Morgan fingerprint density at radius 2 is 1.64 bits per heavy atom. The molecule has 1 saturated heterocycles. The molecule has 2 aromatic carbocycles. The maximum absolute atomic E-state index is 11.8. The zero-order valence-electron chi connectivity index (χ0n) is 14.3. The van der Waals surface area contributed by atoms with Crippen LogP contribution in [0.3, 0.4) is 0 Å². The van der Waals surface area contributed by atoms with E-state index in [1.165, 1.54) is 6.42 Å². The summed E-state index contributed by atoms with van der Waals surface area (Å²) < 4.78 is 0. The van der Waals surface area contributed by atoms with Crippen LogP contribution in [0.1, 0.15) is 40.7 Å². The predicted octanol–water partition coefficient (Wildman–Crippen LogP) is 4.19. The molecule has 128 valence electrons. The SMILES string of the molecule is CN1CCCC1c1nc(C(O)(c2ccccc2)c2ccccc2)cs1. The van der Waals surface area contributed by atoms with Crippen LogP contribution in [0.2, 0.25) is 0 Å². The number of hydrogen-bond acceptors (Lipinski definition) is 4. The average molecular weight is 350 g/mol. The molecule has 4 rings (SSSR count). The summed E-state index contributed by atoms with van der Waals surface area (Å²) in [6, 6.07) is 20.0. The van der Waals surface area contributed by atoms with Gasteiger partial charge < -0.3 is 5.11 Å². The Kier molecular flexibility index (Phi) is 4.42. The fraction of sp³-hybridized carbons (Fsp3) is 0.286. The summed E-state index contributed by atoms with van der Waals surface area (Å²) in [5, 5.41) is 14.9. The lowest BCUT2D eigenvalue weighted by Gasteiger charge is -2.28. The van der Waals surface area contributed by atoms with Crippen LogP contribution in [0.25, 0.3) is 0 Å². The summed E-state index contributed by atoms with van der Waals surface area (Å²) in [6.07, 6.45) is 2.34. The van der Waals surface area contributed by atoms with Crippen LogP contribution in [-0.4, -0.2) is 28.6 Å². The number of aliphatic hydroxyl groups is 1. The minimum Gasteiger partial charge on any atom is -0.374 e. The normalized spacial score (nSPS) is 18.6. The summed E-state index contributed by atoms with van der Waals surface area (Å²) in [7, 11) is 2.15. The molecule has 0 amide bonds. The lowest BCUT2D eigenvalue weighted by Crippen LogP contribution is -2.29. The number of thiazole rings is 1. The van der Waals surface area contributed by atoms with Crippen molar-refractivity contribution in [3.05, 3.63) is 87.9 Å². The molecule has 3 aromatic rings. The fourth-order valence-electron chi connectivity index (χ4n) is 3.65. The van der Waals surface area contributed by atoms with Gasteiger partial charge >= 0.3 is 0 Å². The maximum Gasteiger partial charge on any atom is 0.158 e. The Morgan fingerprint density at radius 1 is 1.04 bits per heavy atom. The van der Waals surface area contributed by atoms with Crippen LogP contribution in [0, 0.1) is 0 Å². The van der Waals surface area contributed by atoms with Gasteiger partial charge in [0.2, 0.25) is 0 Å². The van der Waals surface area contributed by atoms with Crippen LogP contribution in [0.4, 0.5) is 0 Å². The topological polar surface area (TPSA) is 36.4 Å². The number of nitrogens with zero attached hydrogens (tertiary/aromatic N) is 2. The molecule has 1 atom stereocenters. The molecule has 4 heteroatoms. The van der Waals surface area contributed by atoms with Gasteiger partial charge in [0.05, 0.1) is 11.7 Å². The second-order valence-corrected chi connectivity index (χ2v) is 7.54. The van der Waals surface area contributed by atoms with Gasteiger partial charge in [-0.1, -0.05) is 60.7 Å². The van der Waals surface area contributed by atoms with E-state index in [0.717, 1.165) is 29.1 Å². The molecule has 1 unspecified atom stereocenters. The van der Waals surface area contributed by atoms with Crippen LogP contribution >= 0.6 is 11.3 Å². The number of aromatic nitrogens is 1. The van der Waals surface area contributed by atoms with E-state index in [-0.39, 0.29) is 0 Å². The van der Waals surface area contributed by atoms with E-state index in [1.807, 2.05) is 66.0 Å². The lowest BCUT2D eigenvalue weighted by molar-refractivity contribution is 0.121. The third-order valence-corrected chi connectivity index (χ3v) is 6.03. The minimum atomic E-state index is -1.23. The van der Waals surface area contributed by atoms with Gasteiger partial charge in [-0.05, 0) is 37.6 Å². The van der Waals surface area contributed by atoms with Crippen molar-refractivity contribution in [2.45, 2.75) is 24.5 Å². The highest BCUT2D eigenvalue weighted by molar-refractivity contribution is 7.09. The first-order valence-corrected chi connectivity index (χ1v) is 9.57. The van der Waals surface area contributed by atoms with E-state index >= 15 is 0 Å². The molecule has 1 aromatic heterocycles. The van der Waals surface area contributed by atoms with Gasteiger partial charge in [-0.2, -0.15) is 0 Å². The number of hydrogen-bond donors (Lipinski definition) is 1. The van der Waals surface area contributed by atoms with E-state index in [2.05, 4.69) is 11.9 Å². The molecule has 0 saturated carbocycles. The first kappa shape index (κ1) is 16.5. The lowest BCUT2D eigenvalue weighted by atomic mass is 9.84. The molecule has 0 radical (unpaired) electrons. The van der Waals surface area contributed by atoms with Crippen molar-refractivity contribution in [1.29, 1.82) is 0 Å². The first-order chi connectivity index (χ1) is 12.2. The van der Waals surface area contributed by atoms with Crippen LogP contribution in [0.15, 0.2) is 66.0 Å². The van der Waals surface area contributed by atoms with Crippen molar-refractivity contribution in [3.63, 3.8) is 0 Å². The highest BCUT2D eigenvalue weighted by atomic mass is 32.1. The molecular formula is C21H22N2OS. The molecular weight excluding hydrogens is 328 g/mol. The van der Waals surface area contributed by atoms with Gasteiger partial charge in [-0.15, -0.1) is 11.3 Å². The van der Waals surface area contributed by atoms with Gasteiger partial charge in [0.1, 0.15) is 5.01 Å². The molecule has 1 aliphatic heterocycles. The molecule has 1 aliphatic rings. The smallest absolute Gasteiger partial charge is 0.158 e. The molecule has 0 bridgehead atoms. The van der Waals surface area contributed by atoms with E-state index in [9.17, 15) is 5.11 Å². The quantitative estimate of drug-likeness (QED) is 0.766. The van der Waals surface area contributed by atoms with Crippen LogP contribution in [0.5, 0.6) is 0 Å². The van der Waals surface area contributed by atoms with Crippen molar-refractivity contribution in [3.8, 4) is 0 Å². The van der Waals surface area contributed by atoms with E-state index in [1.54, 1.807) is 11.3 Å². The average Bonchev–Trinajstić information content (AvgIpc) is 3.31. The highest BCUT2D eigenvalue weighted by Crippen LogP contribution is 2.39. The van der Waals surface area contributed by atoms with Crippen molar-refractivity contribution in [2.24, 2.45) is 0 Å². The summed E-state index contributed by atoms with van der Waals surface area (Å²) >= 11 is 1.65. The summed E-state index contributed by atoms with van der Waals surface area (Å²) in [4.78, 5) is 7.25. The van der Waals surface area contributed by atoms with Gasteiger partial charge in [0, 0.05) is 5.38 Å². The number of benzene rings is 2. The second kappa shape index (κ2) is 6.71. The molecule has 0 aliphatic carbocycles. The van der Waals surface area contributed by atoms with Crippen molar-refractivity contribution in [1.82, 2.24) is 9.88 Å². The van der Waals surface area contributed by atoms with Gasteiger partial charge in [0.25, 0.3) is 0 Å². The van der Waals surface area contributed by atoms with Gasteiger partial charge in [-0.3, -0.25) is 4.90 Å². The molecule has 25 heavy (non-hydrogen) atoms. The Balaban J connectivity index is 1.81. The highest BCUT2D eigenvalue weighted by Gasteiger charge is 2.37. The Hall–Kier alpha value is -2.01. The number of likely N-dealkylation sites (tertiary alicyclic amines) is 1. The van der Waals surface area contributed by atoms with Crippen molar-refractivity contribution < 1.29 is 5.11 Å². The zero-order valence-corrected chi connectivity index (χ0v) is 15.1. The minimum absolute atomic E-state index is 0.370. The third-order valence-electron chi connectivity index (χ3n) is 5.08. The molecule has 0 spiro atoms. The first-order valence-electron chi connectivity index (χ1n) is 8.69. The predicted molar refractivity (Wildman–Crippen MR) is 102 cm³/mol. The molecule has 1 fully saturated rings. The second-order valence-electron chi connectivity index (χ2n) is 6.65. The van der Waals surface area contributed by atoms with E-state index < -0.39 is 5.60 Å². The summed E-state index contributed by atoms with van der Waals surface area (Å²) in [5.41, 5.74) is 1.18. The Bertz CT molecular complexity index is 792. The molecule has 3 nitrogen and oxygen atoms in total. The monoisotopic (exact) mass is 350 g/mol. The molecule has 2 heterocycles. The van der Waals surface area contributed by atoms with E-state index in [4.69, 9.17) is 4.98 Å². The standard InChI is InChI=1S/C21H22N2OS/c1-23-14-8-13-18(23)20-22-19(15-25-20)21(24,16-9-4-2-5-10-16)17-11-6-3-7-12-17/h2-7,9-12,15,18,24H,8,13-14H2,1H3. The third kappa shape index (κ3) is 2.91. The Morgan fingerprint density at radius 3 is 2.16 bits per heavy atom. The van der Waals surface area contributed by atoms with Crippen LogP contribution < -0.4 is 0 Å². The fourth-order valence-corrected chi connectivity index (χ4v) is 4.71. The zero-order chi connectivity index (χ0) is 17.3. The summed E-state index contributed by atoms with van der Waals surface area (Å²) in [5.74, 6) is 0. The van der Waals surface area contributed by atoms with Gasteiger partial charge in [0.15, 0.2) is 5.60 Å². The largest absolute Gasteiger partial charge is 0.374 e. The van der Waals surface area contributed by atoms with Gasteiger partial charge in [-0.25, -0.2) is 4.98 Å². The van der Waals surface area contributed by atoms with Crippen molar-refractivity contribution in [2.75, 3.05) is 13.6 Å². The number of rotatable bonds is 4. The summed E-state index contributed by atoms with van der Waals surface area (Å²) in [6.45, 7) is 1.11. The van der Waals surface area contributed by atoms with Crippen molar-refractivity contribution >= 4 is 11.3 Å². The van der Waals surface area contributed by atoms with E-state index in [0.29, 0.717) is 11.7 Å².